The zero-order valence-corrected chi connectivity index (χ0v) is 12.2. The van der Waals surface area contributed by atoms with Crippen molar-refractivity contribution in [3.05, 3.63) is 0 Å². The average molecular weight is 256 g/mol. The lowest BCUT2D eigenvalue weighted by Crippen LogP contribution is -2.47. The van der Waals surface area contributed by atoms with E-state index in [1.807, 2.05) is 0 Å². The molecule has 0 radical (unpaired) electrons. The molecular formula is C14H28N2O2. The van der Waals surface area contributed by atoms with Crippen LogP contribution in [0.1, 0.15) is 46.5 Å². The van der Waals surface area contributed by atoms with E-state index in [-0.39, 0.29) is 6.03 Å². The van der Waals surface area contributed by atoms with Gasteiger partial charge in [-0.15, -0.1) is 0 Å². The predicted molar refractivity (Wildman–Crippen MR) is 73.4 cm³/mol. The zero-order valence-electron chi connectivity index (χ0n) is 12.2. The Kier molecular flexibility index (Phi) is 5.45. The smallest absolute Gasteiger partial charge is 0.317 e. The zero-order chi connectivity index (χ0) is 13.8. The van der Waals surface area contributed by atoms with Crippen LogP contribution in [0.2, 0.25) is 0 Å². The summed E-state index contributed by atoms with van der Waals surface area (Å²) in [5.41, 5.74) is 0.329. The number of amides is 2. The average Bonchev–Trinajstić information content (AvgIpc) is 2.19. The van der Waals surface area contributed by atoms with Gasteiger partial charge in [0.1, 0.15) is 0 Å². The fourth-order valence-electron chi connectivity index (χ4n) is 2.87. The third-order valence-electron chi connectivity index (χ3n) is 3.75. The molecule has 0 aromatic heterocycles. The summed E-state index contributed by atoms with van der Waals surface area (Å²) in [6, 6.07) is -0.0778. The van der Waals surface area contributed by atoms with E-state index in [0.29, 0.717) is 17.9 Å². The van der Waals surface area contributed by atoms with Crippen LogP contribution in [0.3, 0.4) is 0 Å². The highest BCUT2D eigenvalue weighted by molar-refractivity contribution is 5.73. The molecule has 1 aliphatic rings. The number of carbonyl (C=O) groups is 1. The molecule has 0 saturated heterocycles. The second-order valence-electron chi connectivity index (χ2n) is 6.34. The van der Waals surface area contributed by atoms with Crippen LogP contribution >= 0.6 is 0 Å². The quantitative estimate of drug-likeness (QED) is 0.765. The van der Waals surface area contributed by atoms with Gasteiger partial charge in [0.2, 0.25) is 0 Å². The summed E-state index contributed by atoms with van der Waals surface area (Å²) < 4.78 is 0. The van der Waals surface area contributed by atoms with E-state index in [4.69, 9.17) is 0 Å². The summed E-state index contributed by atoms with van der Waals surface area (Å²) in [5.74, 6) is 0.678. The van der Waals surface area contributed by atoms with Gasteiger partial charge in [-0.2, -0.15) is 0 Å². The first-order valence-corrected chi connectivity index (χ1v) is 7.02. The Hall–Kier alpha value is -0.770. The number of urea groups is 1. The molecule has 0 heterocycles. The molecule has 1 rings (SSSR count). The number of carbonyl (C=O) groups excluding carboxylic acids is 1. The number of rotatable bonds is 6. The van der Waals surface area contributed by atoms with Crippen molar-refractivity contribution >= 4 is 6.03 Å². The second-order valence-corrected chi connectivity index (χ2v) is 6.34. The molecule has 4 nitrogen and oxygen atoms in total. The number of aliphatic hydroxyl groups excluding tert-OH is 1. The molecule has 0 aromatic rings. The summed E-state index contributed by atoms with van der Waals surface area (Å²) in [6.45, 7) is 7.32. The van der Waals surface area contributed by atoms with Gasteiger partial charge >= 0.3 is 6.03 Å². The Labute approximate surface area is 111 Å². The van der Waals surface area contributed by atoms with E-state index in [2.05, 4.69) is 19.2 Å². The number of likely N-dealkylation sites (N-methyl/N-ethyl adjacent to an activating group) is 1. The van der Waals surface area contributed by atoms with Crippen molar-refractivity contribution in [3.8, 4) is 0 Å². The Balaban J connectivity index is 2.36. The minimum absolute atomic E-state index is 0.0778. The molecular weight excluding hydrogens is 228 g/mol. The van der Waals surface area contributed by atoms with Gasteiger partial charge in [0.05, 0.1) is 6.10 Å². The first-order valence-electron chi connectivity index (χ1n) is 7.02. The van der Waals surface area contributed by atoms with E-state index in [0.717, 1.165) is 6.54 Å². The van der Waals surface area contributed by atoms with Gasteiger partial charge in [0, 0.05) is 20.1 Å². The van der Waals surface area contributed by atoms with Crippen molar-refractivity contribution in [2.24, 2.45) is 11.3 Å². The standard InChI is InChI=1S/C14H28N2O2/c1-11(2)8-14(6-5-7-14)10-15-13(18)16(4)9-12(3)17/h11-12,17H,5-10H2,1-4H3,(H,15,18). The van der Waals surface area contributed by atoms with Crippen LogP contribution < -0.4 is 5.32 Å². The molecule has 106 valence electrons. The monoisotopic (exact) mass is 256 g/mol. The summed E-state index contributed by atoms with van der Waals surface area (Å²) >= 11 is 0. The number of nitrogens with one attached hydrogen (secondary N) is 1. The molecule has 0 spiro atoms. The number of nitrogens with zero attached hydrogens (tertiary/aromatic N) is 1. The van der Waals surface area contributed by atoms with Crippen molar-refractivity contribution in [2.45, 2.75) is 52.6 Å². The predicted octanol–water partition coefficient (Wildman–Crippen LogP) is 2.22. The van der Waals surface area contributed by atoms with Crippen molar-refractivity contribution in [1.82, 2.24) is 10.2 Å². The molecule has 0 bridgehead atoms. The van der Waals surface area contributed by atoms with E-state index < -0.39 is 6.10 Å². The molecule has 1 unspecified atom stereocenters. The Morgan fingerprint density at radius 2 is 2.00 bits per heavy atom. The molecule has 2 N–H and O–H groups in total. The van der Waals surface area contributed by atoms with E-state index in [1.54, 1.807) is 18.9 Å². The SMILES string of the molecule is CC(C)CC1(CNC(=O)N(C)CC(C)O)CCC1. The first kappa shape index (κ1) is 15.3. The summed E-state index contributed by atoms with van der Waals surface area (Å²) in [4.78, 5) is 13.4. The van der Waals surface area contributed by atoms with Gasteiger partial charge in [0.15, 0.2) is 0 Å². The third-order valence-corrected chi connectivity index (χ3v) is 3.75. The maximum absolute atomic E-state index is 11.9. The van der Waals surface area contributed by atoms with Crippen LogP contribution in [-0.4, -0.2) is 42.3 Å². The van der Waals surface area contributed by atoms with Crippen LogP contribution in [0.25, 0.3) is 0 Å². The lowest BCUT2D eigenvalue weighted by atomic mass is 9.64. The molecule has 2 amide bonds. The van der Waals surface area contributed by atoms with Crippen molar-refractivity contribution in [3.63, 3.8) is 0 Å². The van der Waals surface area contributed by atoms with Gasteiger partial charge < -0.3 is 15.3 Å². The molecule has 0 aliphatic heterocycles. The second kappa shape index (κ2) is 6.41. The lowest BCUT2D eigenvalue weighted by molar-refractivity contribution is 0.0952. The first-order chi connectivity index (χ1) is 8.34. The van der Waals surface area contributed by atoms with E-state index >= 15 is 0 Å². The van der Waals surface area contributed by atoms with Crippen molar-refractivity contribution in [2.75, 3.05) is 20.1 Å². The number of aliphatic hydroxyl groups is 1. The van der Waals surface area contributed by atoms with Gasteiger partial charge in [0.25, 0.3) is 0 Å². The number of hydrogen-bond donors (Lipinski definition) is 2. The minimum atomic E-state index is -0.478. The maximum Gasteiger partial charge on any atom is 0.317 e. The van der Waals surface area contributed by atoms with Crippen LogP contribution in [-0.2, 0) is 0 Å². The minimum Gasteiger partial charge on any atom is -0.392 e. The fourth-order valence-corrected chi connectivity index (χ4v) is 2.87. The van der Waals surface area contributed by atoms with Crippen LogP contribution in [0.5, 0.6) is 0 Å². The maximum atomic E-state index is 11.9. The van der Waals surface area contributed by atoms with E-state index in [9.17, 15) is 9.90 Å². The van der Waals surface area contributed by atoms with E-state index in [1.165, 1.54) is 25.7 Å². The van der Waals surface area contributed by atoms with Crippen molar-refractivity contribution < 1.29 is 9.90 Å². The molecule has 1 atom stereocenters. The molecule has 1 fully saturated rings. The molecule has 0 aromatic carbocycles. The Bertz CT molecular complexity index is 273. The van der Waals surface area contributed by atoms with Gasteiger partial charge in [-0.3, -0.25) is 0 Å². The molecule has 1 aliphatic carbocycles. The Morgan fingerprint density at radius 3 is 2.39 bits per heavy atom. The lowest BCUT2D eigenvalue weighted by Gasteiger charge is -2.43. The molecule has 4 heteroatoms. The van der Waals surface area contributed by atoms with Crippen LogP contribution in [0, 0.1) is 11.3 Å². The van der Waals surface area contributed by atoms with Gasteiger partial charge in [-0.25, -0.2) is 4.79 Å². The third kappa shape index (κ3) is 4.48. The van der Waals surface area contributed by atoms with Gasteiger partial charge in [-0.05, 0) is 37.5 Å². The fraction of sp³-hybridized carbons (Fsp3) is 0.929. The molecule has 18 heavy (non-hydrogen) atoms. The number of hydrogen-bond acceptors (Lipinski definition) is 2. The van der Waals surface area contributed by atoms with Crippen LogP contribution in [0.4, 0.5) is 4.79 Å². The topological polar surface area (TPSA) is 52.6 Å². The normalized spacial score (nSPS) is 19.2. The Morgan fingerprint density at radius 1 is 1.39 bits per heavy atom. The largest absolute Gasteiger partial charge is 0.392 e. The summed E-state index contributed by atoms with van der Waals surface area (Å²) in [7, 11) is 1.72. The highest BCUT2D eigenvalue weighted by atomic mass is 16.3. The highest BCUT2D eigenvalue weighted by Crippen LogP contribution is 2.45. The van der Waals surface area contributed by atoms with Gasteiger partial charge in [-0.1, -0.05) is 20.3 Å². The summed E-state index contributed by atoms with van der Waals surface area (Å²) in [5, 5.41) is 12.3. The van der Waals surface area contributed by atoms with Crippen LogP contribution in [0.15, 0.2) is 0 Å². The highest BCUT2D eigenvalue weighted by Gasteiger charge is 2.37. The molecule has 1 saturated carbocycles. The summed E-state index contributed by atoms with van der Waals surface area (Å²) in [6.07, 6.45) is 4.45. The van der Waals surface area contributed by atoms with Crippen molar-refractivity contribution in [1.29, 1.82) is 0 Å².